The van der Waals surface area contributed by atoms with Crippen molar-refractivity contribution in [2.45, 2.75) is 42.6 Å². The summed E-state index contributed by atoms with van der Waals surface area (Å²) >= 11 is 0. The van der Waals surface area contributed by atoms with E-state index in [0.29, 0.717) is 25.7 Å². The van der Waals surface area contributed by atoms with Crippen molar-refractivity contribution >= 4 is 15.6 Å². The molecule has 2 atom stereocenters. The SMILES string of the molecule is N#Cc1ccc(C(=O)C2CC3CCCC(C2)S3(=O)=O)cc1F. The monoisotopic (exact) mass is 321 g/mol. The van der Waals surface area contributed by atoms with E-state index in [1.165, 1.54) is 12.1 Å². The second-order valence-corrected chi connectivity index (χ2v) is 8.61. The predicted octanol–water partition coefficient (Wildman–Crippen LogP) is 2.63. The molecule has 2 heterocycles. The number of carbonyl (C=O) groups is 1. The maximum atomic E-state index is 13.7. The molecule has 6 heteroatoms. The second-order valence-electron chi connectivity index (χ2n) is 6.10. The summed E-state index contributed by atoms with van der Waals surface area (Å²) < 4.78 is 38.1. The molecule has 116 valence electrons. The minimum atomic E-state index is -3.10. The first kappa shape index (κ1) is 15.2. The zero-order chi connectivity index (χ0) is 15.9. The van der Waals surface area contributed by atoms with Crippen LogP contribution in [0.2, 0.25) is 0 Å². The van der Waals surface area contributed by atoms with E-state index in [2.05, 4.69) is 0 Å². The zero-order valence-electron chi connectivity index (χ0n) is 12.0. The quantitative estimate of drug-likeness (QED) is 0.785. The second kappa shape index (κ2) is 5.47. The largest absolute Gasteiger partial charge is 0.294 e. The lowest BCUT2D eigenvalue weighted by atomic mass is 9.84. The molecule has 2 aliphatic heterocycles. The molecule has 2 bridgehead atoms. The van der Waals surface area contributed by atoms with Crippen molar-refractivity contribution < 1.29 is 17.6 Å². The van der Waals surface area contributed by atoms with Crippen LogP contribution in [0.4, 0.5) is 4.39 Å². The predicted molar refractivity (Wildman–Crippen MR) is 78.5 cm³/mol. The standard InChI is InChI=1S/C16H16FNO3S/c17-15-8-10(4-5-11(15)9-18)16(19)12-6-13-2-1-3-14(7-12)22(13,20)21/h4-5,8,12-14H,1-3,6-7H2. The molecule has 22 heavy (non-hydrogen) atoms. The van der Waals surface area contributed by atoms with E-state index >= 15 is 0 Å². The number of Topliss-reactive ketones (excluding diaryl/α,β-unsaturated/α-hetero) is 1. The first-order valence-electron chi connectivity index (χ1n) is 7.40. The average Bonchev–Trinajstić information content (AvgIpc) is 2.45. The summed E-state index contributed by atoms with van der Waals surface area (Å²) in [6, 6.07) is 5.54. The number of fused-ring (bicyclic) bond motifs is 2. The van der Waals surface area contributed by atoms with Crippen LogP contribution in [-0.2, 0) is 9.84 Å². The third kappa shape index (κ3) is 2.44. The topological polar surface area (TPSA) is 75.0 Å². The van der Waals surface area contributed by atoms with Gasteiger partial charge in [0, 0.05) is 11.5 Å². The molecule has 2 saturated heterocycles. The molecule has 0 N–H and O–H groups in total. The van der Waals surface area contributed by atoms with Crippen LogP contribution in [0.3, 0.4) is 0 Å². The van der Waals surface area contributed by atoms with Crippen molar-refractivity contribution in [2.75, 3.05) is 0 Å². The van der Waals surface area contributed by atoms with Gasteiger partial charge in [-0.2, -0.15) is 5.26 Å². The molecule has 0 spiro atoms. The number of sulfone groups is 1. The minimum absolute atomic E-state index is 0.0976. The number of rotatable bonds is 2. The molecular weight excluding hydrogens is 305 g/mol. The molecule has 1 aromatic rings. The van der Waals surface area contributed by atoms with Gasteiger partial charge in [-0.1, -0.05) is 6.42 Å². The Balaban J connectivity index is 1.85. The molecule has 2 fully saturated rings. The third-order valence-corrected chi connectivity index (χ3v) is 7.54. The van der Waals surface area contributed by atoms with E-state index < -0.39 is 26.2 Å². The lowest BCUT2D eigenvalue weighted by Gasteiger charge is -2.38. The fourth-order valence-corrected chi connectivity index (χ4v) is 6.15. The van der Waals surface area contributed by atoms with Crippen LogP contribution in [0, 0.1) is 23.1 Å². The Morgan fingerprint density at radius 2 is 1.86 bits per heavy atom. The highest BCUT2D eigenvalue weighted by Crippen LogP contribution is 2.40. The van der Waals surface area contributed by atoms with Gasteiger partial charge in [0.25, 0.3) is 0 Å². The van der Waals surface area contributed by atoms with Crippen LogP contribution in [0.25, 0.3) is 0 Å². The van der Waals surface area contributed by atoms with Crippen molar-refractivity contribution in [3.63, 3.8) is 0 Å². The Morgan fingerprint density at radius 3 is 2.41 bits per heavy atom. The summed E-state index contributed by atoms with van der Waals surface area (Å²) in [5, 5.41) is 7.86. The van der Waals surface area contributed by atoms with Gasteiger partial charge in [0.05, 0.1) is 16.1 Å². The highest BCUT2D eigenvalue weighted by Gasteiger charge is 2.46. The molecule has 3 rings (SSSR count). The number of benzene rings is 1. The van der Waals surface area contributed by atoms with Gasteiger partial charge >= 0.3 is 0 Å². The summed E-state index contributed by atoms with van der Waals surface area (Å²) in [6.07, 6.45) is 2.79. The molecule has 2 aliphatic rings. The van der Waals surface area contributed by atoms with Gasteiger partial charge in [-0.3, -0.25) is 4.79 Å². The van der Waals surface area contributed by atoms with E-state index in [1.54, 1.807) is 6.07 Å². The summed E-state index contributed by atoms with van der Waals surface area (Å²) in [5.74, 6) is -1.29. The molecule has 2 unspecified atom stereocenters. The van der Waals surface area contributed by atoms with Crippen molar-refractivity contribution in [2.24, 2.45) is 5.92 Å². The third-order valence-electron chi connectivity index (χ3n) is 4.82. The van der Waals surface area contributed by atoms with Crippen LogP contribution in [0.5, 0.6) is 0 Å². The molecule has 0 saturated carbocycles. The fraction of sp³-hybridized carbons (Fsp3) is 0.500. The Labute approximate surface area is 128 Å². The molecule has 4 nitrogen and oxygen atoms in total. The van der Waals surface area contributed by atoms with E-state index in [1.807, 2.05) is 0 Å². The van der Waals surface area contributed by atoms with Gasteiger partial charge < -0.3 is 0 Å². The highest BCUT2D eigenvalue weighted by atomic mass is 32.2. The smallest absolute Gasteiger partial charge is 0.166 e. The molecule has 0 amide bonds. The summed E-state index contributed by atoms with van der Waals surface area (Å²) in [5.41, 5.74) is 0.124. The van der Waals surface area contributed by atoms with Gasteiger partial charge in [-0.25, -0.2) is 12.8 Å². The van der Waals surface area contributed by atoms with Crippen molar-refractivity contribution in [1.82, 2.24) is 0 Å². The van der Waals surface area contributed by atoms with Gasteiger partial charge in [0.2, 0.25) is 0 Å². The van der Waals surface area contributed by atoms with Crippen LogP contribution in [0.1, 0.15) is 48.0 Å². The summed E-state index contributed by atoms with van der Waals surface area (Å²) in [4.78, 5) is 12.5. The zero-order valence-corrected chi connectivity index (χ0v) is 12.8. The maximum Gasteiger partial charge on any atom is 0.166 e. The van der Waals surface area contributed by atoms with Crippen molar-refractivity contribution in [3.8, 4) is 6.07 Å². The first-order chi connectivity index (χ1) is 10.4. The van der Waals surface area contributed by atoms with Crippen LogP contribution in [0.15, 0.2) is 18.2 Å². The molecular formula is C16H16FNO3S. The Bertz CT molecular complexity index is 746. The van der Waals surface area contributed by atoms with E-state index in [-0.39, 0.29) is 22.8 Å². The van der Waals surface area contributed by atoms with Gasteiger partial charge in [-0.05, 0) is 43.9 Å². The number of hydrogen-bond acceptors (Lipinski definition) is 4. The average molecular weight is 321 g/mol. The molecule has 0 aromatic heterocycles. The Hall–Kier alpha value is -1.74. The number of carbonyl (C=O) groups excluding carboxylic acids is 1. The molecule has 1 aromatic carbocycles. The molecule has 0 aliphatic carbocycles. The van der Waals surface area contributed by atoms with E-state index in [0.717, 1.165) is 12.5 Å². The Morgan fingerprint density at radius 1 is 1.23 bits per heavy atom. The van der Waals surface area contributed by atoms with Gasteiger partial charge in [-0.15, -0.1) is 0 Å². The maximum absolute atomic E-state index is 13.7. The first-order valence-corrected chi connectivity index (χ1v) is 9.01. The van der Waals surface area contributed by atoms with Crippen LogP contribution < -0.4 is 0 Å². The number of nitriles is 1. The lowest BCUT2D eigenvalue weighted by molar-refractivity contribution is 0.0893. The van der Waals surface area contributed by atoms with E-state index in [4.69, 9.17) is 5.26 Å². The normalized spacial score (nSPS) is 29.5. The summed E-state index contributed by atoms with van der Waals surface area (Å²) in [6.45, 7) is 0. The van der Waals surface area contributed by atoms with Gasteiger partial charge in [0.1, 0.15) is 11.9 Å². The Kier molecular flexibility index (Phi) is 3.77. The van der Waals surface area contributed by atoms with Gasteiger partial charge in [0.15, 0.2) is 15.6 Å². The number of nitrogens with zero attached hydrogens (tertiary/aromatic N) is 1. The molecule has 0 radical (unpaired) electrons. The number of ketones is 1. The van der Waals surface area contributed by atoms with Crippen LogP contribution >= 0.6 is 0 Å². The number of halogens is 1. The van der Waals surface area contributed by atoms with Crippen molar-refractivity contribution in [3.05, 3.63) is 35.1 Å². The summed E-state index contributed by atoms with van der Waals surface area (Å²) in [7, 11) is -3.10. The minimum Gasteiger partial charge on any atom is -0.294 e. The fourth-order valence-electron chi connectivity index (χ4n) is 3.62. The lowest BCUT2D eigenvalue weighted by Crippen LogP contribution is -2.45. The van der Waals surface area contributed by atoms with Crippen LogP contribution in [-0.4, -0.2) is 24.7 Å². The highest BCUT2D eigenvalue weighted by molar-refractivity contribution is 7.92. The van der Waals surface area contributed by atoms with Crippen molar-refractivity contribution in [1.29, 1.82) is 5.26 Å². The van der Waals surface area contributed by atoms with E-state index in [9.17, 15) is 17.6 Å². The number of hydrogen-bond donors (Lipinski definition) is 0.